The number of aliphatic hydroxyl groups is 1. The van der Waals surface area contributed by atoms with E-state index in [1.54, 1.807) is 30.0 Å². The van der Waals surface area contributed by atoms with Crippen LogP contribution in [0.1, 0.15) is 82.8 Å². The highest BCUT2D eigenvalue weighted by Gasteiger charge is 2.76. The zero-order valence-electron chi connectivity index (χ0n) is 24.0. The van der Waals surface area contributed by atoms with Gasteiger partial charge in [-0.3, -0.25) is 14.5 Å². The second-order valence-electron chi connectivity index (χ2n) is 13.1. The van der Waals surface area contributed by atoms with Crippen LogP contribution in [-0.2, 0) is 15.0 Å². The minimum Gasteiger partial charge on any atom is -0.390 e. The van der Waals surface area contributed by atoms with Crippen LogP contribution in [0.2, 0.25) is 10.0 Å². The molecule has 220 valence electrons. The normalized spacial score (nSPS) is 32.6. The summed E-state index contributed by atoms with van der Waals surface area (Å²) >= 11 is 12.9. The fourth-order valence-electron chi connectivity index (χ4n) is 8.77. The largest absolute Gasteiger partial charge is 0.390 e. The van der Waals surface area contributed by atoms with Crippen molar-refractivity contribution in [3.63, 3.8) is 0 Å². The Hall–Kier alpha value is -2.19. The van der Waals surface area contributed by atoms with Crippen LogP contribution in [0.5, 0.6) is 0 Å². The maximum atomic E-state index is 16.2. The van der Waals surface area contributed by atoms with E-state index in [-0.39, 0.29) is 34.5 Å². The molecule has 3 fully saturated rings. The number of benzene rings is 2. The smallest absolute Gasteiger partial charge is 0.240 e. The minimum absolute atomic E-state index is 0.0402. The lowest BCUT2D eigenvalue weighted by Gasteiger charge is -2.50. The zero-order chi connectivity index (χ0) is 29.5. The van der Waals surface area contributed by atoms with Crippen molar-refractivity contribution in [2.24, 2.45) is 0 Å². The van der Waals surface area contributed by atoms with Gasteiger partial charge in [-0.05, 0) is 82.8 Å². The van der Waals surface area contributed by atoms with Gasteiger partial charge in [-0.25, -0.2) is 4.39 Å². The van der Waals surface area contributed by atoms with Gasteiger partial charge < -0.3 is 15.3 Å². The third-order valence-electron chi connectivity index (χ3n) is 10.3. The van der Waals surface area contributed by atoms with E-state index in [9.17, 15) is 9.90 Å². The summed E-state index contributed by atoms with van der Waals surface area (Å²) in [5.41, 5.74) is -1.01. The highest BCUT2D eigenvalue weighted by Crippen LogP contribution is 2.67. The molecule has 2 aromatic carbocycles. The summed E-state index contributed by atoms with van der Waals surface area (Å²) in [6, 6.07) is 9.21. The van der Waals surface area contributed by atoms with Crippen LogP contribution in [0.4, 0.5) is 10.1 Å². The first-order valence-electron chi connectivity index (χ1n) is 14.7. The van der Waals surface area contributed by atoms with Gasteiger partial charge in [0.2, 0.25) is 11.8 Å². The Balaban J connectivity index is 1.64. The number of carbonyl (C=O) groups is 2. The predicted octanol–water partition coefficient (Wildman–Crippen LogP) is 5.96. The Bertz CT molecular complexity index is 1400. The number of anilines is 1. The van der Waals surface area contributed by atoms with E-state index in [1.807, 2.05) is 33.0 Å². The molecule has 0 bridgehead atoms. The Kier molecular flexibility index (Phi) is 7.00. The van der Waals surface area contributed by atoms with Gasteiger partial charge in [0.1, 0.15) is 11.2 Å². The lowest BCUT2D eigenvalue weighted by Crippen LogP contribution is -2.62. The summed E-state index contributed by atoms with van der Waals surface area (Å²) in [6.07, 6.45) is 5.12. The van der Waals surface area contributed by atoms with Crippen molar-refractivity contribution in [1.82, 2.24) is 10.2 Å². The van der Waals surface area contributed by atoms with Crippen LogP contribution in [-0.4, -0.2) is 58.1 Å². The Labute approximate surface area is 251 Å². The van der Waals surface area contributed by atoms with Crippen LogP contribution in [0.25, 0.3) is 0 Å². The molecule has 2 spiro atoms. The number of halogens is 3. The summed E-state index contributed by atoms with van der Waals surface area (Å²) in [5, 5.41) is 14.0. The maximum Gasteiger partial charge on any atom is 0.240 e. The quantitative estimate of drug-likeness (QED) is 0.454. The molecule has 2 heterocycles. The van der Waals surface area contributed by atoms with Gasteiger partial charge in [0.15, 0.2) is 0 Å². The zero-order valence-corrected chi connectivity index (χ0v) is 25.5. The number of fused-ring (bicyclic) bond motifs is 3. The molecular formula is C32H38Cl2FN3O3. The Morgan fingerprint density at radius 3 is 2.44 bits per heavy atom. The molecule has 0 aromatic heterocycles. The molecule has 1 saturated heterocycles. The Morgan fingerprint density at radius 2 is 1.80 bits per heavy atom. The second-order valence-corrected chi connectivity index (χ2v) is 14.0. The number of nitrogens with one attached hydrogen (secondary N) is 1. The molecule has 2 aliphatic heterocycles. The van der Waals surface area contributed by atoms with Crippen molar-refractivity contribution in [2.75, 3.05) is 11.9 Å². The SMILES string of the molecule is CC(C)N1C(=O)[C@@]2(c3ccc(Cl)cc31)[C@@H](c1cccc(Cl)c1F)[C@H](C(=O)NC1CC(C)(O)C1)N(C)C21CCCCC1. The van der Waals surface area contributed by atoms with E-state index in [4.69, 9.17) is 23.2 Å². The molecule has 9 heteroatoms. The van der Waals surface area contributed by atoms with Gasteiger partial charge in [0.05, 0.1) is 16.7 Å². The number of likely N-dealkylation sites (tertiary alicyclic amines) is 1. The van der Waals surface area contributed by atoms with Crippen molar-refractivity contribution in [3.05, 3.63) is 63.4 Å². The third kappa shape index (κ3) is 4.02. The van der Waals surface area contributed by atoms with Crippen LogP contribution in [0.3, 0.4) is 0 Å². The van der Waals surface area contributed by atoms with Crippen molar-refractivity contribution < 1.29 is 19.1 Å². The number of rotatable bonds is 4. The van der Waals surface area contributed by atoms with Gasteiger partial charge in [-0.15, -0.1) is 0 Å². The lowest BCUT2D eigenvalue weighted by molar-refractivity contribution is -0.131. The average molecular weight is 603 g/mol. The molecule has 3 atom stereocenters. The van der Waals surface area contributed by atoms with E-state index >= 15 is 9.18 Å². The molecule has 2 aromatic rings. The molecule has 41 heavy (non-hydrogen) atoms. The van der Waals surface area contributed by atoms with Crippen molar-refractivity contribution in [1.29, 1.82) is 0 Å². The number of likely N-dealkylation sites (N-methyl/N-ethyl adjacent to an activating group) is 1. The number of carbonyl (C=O) groups excluding carboxylic acids is 2. The molecule has 2 N–H and O–H groups in total. The number of hydrogen-bond donors (Lipinski definition) is 2. The maximum absolute atomic E-state index is 16.2. The van der Waals surface area contributed by atoms with Gasteiger partial charge in [0, 0.05) is 34.3 Å². The molecule has 6 rings (SSSR count). The monoisotopic (exact) mass is 601 g/mol. The van der Waals surface area contributed by atoms with Gasteiger partial charge in [0.25, 0.3) is 0 Å². The number of nitrogens with zero attached hydrogens (tertiary/aromatic N) is 2. The minimum atomic E-state index is -1.25. The Morgan fingerprint density at radius 1 is 1.12 bits per heavy atom. The topological polar surface area (TPSA) is 72.9 Å². The highest BCUT2D eigenvalue weighted by molar-refractivity contribution is 6.31. The van der Waals surface area contributed by atoms with Crippen molar-refractivity contribution in [3.8, 4) is 0 Å². The molecule has 2 saturated carbocycles. The van der Waals surface area contributed by atoms with Crippen LogP contribution in [0, 0.1) is 5.82 Å². The molecule has 2 amide bonds. The van der Waals surface area contributed by atoms with E-state index in [2.05, 4.69) is 10.2 Å². The van der Waals surface area contributed by atoms with E-state index < -0.39 is 34.3 Å². The predicted molar refractivity (Wildman–Crippen MR) is 159 cm³/mol. The molecule has 0 radical (unpaired) electrons. The van der Waals surface area contributed by atoms with Crippen LogP contribution < -0.4 is 10.2 Å². The first-order chi connectivity index (χ1) is 19.4. The molecule has 0 unspecified atom stereocenters. The summed E-state index contributed by atoms with van der Waals surface area (Å²) < 4.78 is 16.2. The van der Waals surface area contributed by atoms with E-state index in [0.29, 0.717) is 30.7 Å². The van der Waals surface area contributed by atoms with E-state index in [0.717, 1.165) is 30.5 Å². The molecule has 2 aliphatic carbocycles. The summed E-state index contributed by atoms with van der Waals surface area (Å²) in [5.74, 6) is -1.83. The standard InChI is InChI=1S/C32H38Cl2FN3O3/c1-18(2)38-24-15-19(33)11-12-22(24)32(29(38)40)25(21-9-8-10-23(34)26(21)35)27(28(39)36-20-16-30(3,41)17-20)37(4)31(32)13-6-5-7-14-31/h8-12,15,18,20,25,27,41H,5-7,13-14,16-17H2,1-4H3,(H,36,39)/t20?,25-,27+,30?,32+/m0/s1. The average Bonchev–Trinajstić information content (AvgIpc) is 3.27. The first-order valence-corrected chi connectivity index (χ1v) is 15.4. The number of amides is 2. The molecule has 4 aliphatic rings. The summed E-state index contributed by atoms with van der Waals surface area (Å²) in [4.78, 5) is 33.5. The fraction of sp³-hybridized carbons (Fsp3) is 0.562. The first kappa shape index (κ1) is 28.9. The van der Waals surface area contributed by atoms with Crippen molar-refractivity contribution >= 4 is 40.7 Å². The van der Waals surface area contributed by atoms with Crippen molar-refractivity contribution in [2.45, 2.75) is 106 Å². The van der Waals surface area contributed by atoms with Gasteiger partial charge in [-0.1, -0.05) is 60.7 Å². The van der Waals surface area contributed by atoms with Gasteiger partial charge >= 0.3 is 0 Å². The fourth-order valence-corrected chi connectivity index (χ4v) is 9.12. The molecule has 6 nitrogen and oxygen atoms in total. The van der Waals surface area contributed by atoms with Crippen LogP contribution in [0.15, 0.2) is 36.4 Å². The summed E-state index contributed by atoms with van der Waals surface area (Å²) in [7, 11) is 1.93. The van der Waals surface area contributed by atoms with Gasteiger partial charge in [-0.2, -0.15) is 0 Å². The van der Waals surface area contributed by atoms with Crippen LogP contribution >= 0.6 is 23.2 Å². The molecular weight excluding hydrogens is 564 g/mol. The third-order valence-corrected chi connectivity index (χ3v) is 10.8. The van der Waals surface area contributed by atoms with E-state index in [1.165, 1.54) is 6.07 Å². The lowest BCUT2D eigenvalue weighted by atomic mass is 9.55. The number of hydrogen-bond acceptors (Lipinski definition) is 4. The highest BCUT2D eigenvalue weighted by atomic mass is 35.5. The summed E-state index contributed by atoms with van der Waals surface area (Å²) in [6.45, 7) is 5.69. The second kappa shape index (κ2) is 9.94.